The third kappa shape index (κ3) is 6.97. The maximum Gasteiger partial charge on any atom is 0.191 e. The molecule has 0 aliphatic carbocycles. The van der Waals surface area contributed by atoms with E-state index in [1.807, 2.05) is 0 Å². The number of nitrogens with zero attached hydrogens (tertiary/aromatic N) is 4. The molecule has 0 saturated carbocycles. The number of guanidine groups is 1. The van der Waals surface area contributed by atoms with Crippen LogP contribution in [-0.2, 0) is 25.9 Å². The van der Waals surface area contributed by atoms with E-state index in [0.717, 1.165) is 74.2 Å². The Morgan fingerprint density at radius 1 is 1.19 bits per heavy atom. The molecule has 0 saturated heterocycles. The molecular formula is C25H40N6O. The fraction of sp³-hybridized carbons (Fsp3) is 0.640. The molecule has 3 rings (SSSR count). The second kappa shape index (κ2) is 12.5. The number of aryl methyl sites for hydroxylation is 3. The summed E-state index contributed by atoms with van der Waals surface area (Å²) in [5.74, 6) is 4.06. The summed E-state index contributed by atoms with van der Waals surface area (Å²) in [5.41, 5.74) is 2.31. The lowest BCUT2D eigenvalue weighted by Gasteiger charge is -2.17. The van der Waals surface area contributed by atoms with Crippen molar-refractivity contribution in [2.75, 3.05) is 13.1 Å². The Morgan fingerprint density at radius 2 is 2.06 bits per heavy atom. The van der Waals surface area contributed by atoms with Crippen molar-refractivity contribution >= 4 is 5.96 Å². The predicted octanol–water partition coefficient (Wildman–Crippen LogP) is 4.18. The van der Waals surface area contributed by atoms with Gasteiger partial charge in [-0.1, -0.05) is 25.5 Å². The zero-order valence-corrected chi connectivity index (χ0v) is 20.3. The molecule has 7 heteroatoms. The molecule has 2 heterocycles. The van der Waals surface area contributed by atoms with Crippen LogP contribution in [0.1, 0.15) is 75.7 Å². The first-order valence-corrected chi connectivity index (χ1v) is 12.3. The molecule has 1 aliphatic rings. The molecule has 7 nitrogen and oxygen atoms in total. The molecule has 0 fully saturated rings. The van der Waals surface area contributed by atoms with Gasteiger partial charge in [-0.3, -0.25) is 0 Å². The summed E-state index contributed by atoms with van der Waals surface area (Å²) in [6, 6.07) is 6.35. The second-order valence-electron chi connectivity index (χ2n) is 8.67. The Kier molecular flexibility index (Phi) is 9.38. The molecule has 1 aromatic carbocycles. The molecule has 0 bridgehead atoms. The first-order valence-electron chi connectivity index (χ1n) is 12.3. The van der Waals surface area contributed by atoms with Gasteiger partial charge in [-0.15, -0.1) is 10.2 Å². The van der Waals surface area contributed by atoms with E-state index in [4.69, 9.17) is 9.73 Å². The Morgan fingerprint density at radius 3 is 2.88 bits per heavy atom. The summed E-state index contributed by atoms with van der Waals surface area (Å²) in [6.45, 7) is 11.7. The van der Waals surface area contributed by atoms with Crippen LogP contribution in [-0.4, -0.2) is 39.9 Å². The maximum absolute atomic E-state index is 6.14. The quantitative estimate of drug-likeness (QED) is 0.329. The summed E-state index contributed by atoms with van der Waals surface area (Å²) in [4.78, 5) is 4.81. The van der Waals surface area contributed by atoms with Gasteiger partial charge in [0.2, 0.25) is 0 Å². The van der Waals surface area contributed by atoms with Crippen molar-refractivity contribution in [2.24, 2.45) is 4.99 Å². The molecule has 1 atom stereocenters. The molecule has 1 aromatic heterocycles. The highest BCUT2D eigenvalue weighted by atomic mass is 16.5. The summed E-state index contributed by atoms with van der Waals surface area (Å²) in [5, 5.41) is 15.7. The molecule has 2 aromatic rings. The van der Waals surface area contributed by atoms with E-state index in [2.05, 4.69) is 71.3 Å². The van der Waals surface area contributed by atoms with Crippen LogP contribution >= 0.6 is 0 Å². The third-order valence-corrected chi connectivity index (χ3v) is 5.93. The topological polar surface area (TPSA) is 76.4 Å². The van der Waals surface area contributed by atoms with Crippen molar-refractivity contribution in [3.8, 4) is 5.75 Å². The van der Waals surface area contributed by atoms with Gasteiger partial charge in [0.1, 0.15) is 17.4 Å². The van der Waals surface area contributed by atoms with Crippen LogP contribution in [0.15, 0.2) is 23.2 Å². The molecule has 176 valence electrons. The number of hydrogen-bond donors (Lipinski definition) is 2. The molecule has 32 heavy (non-hydrogen) atoms. The highest BCUT2D eigenvalue weighted by molar-refractivity contribution is 5.79. The van der Waals surface area contributed by atoms with Crippen LogP contribution in [0.5, 0.6) is 5.75 Å². The third-order valence-electron chi connectivity index (χ3n) is 5.93. The van der Waals surface area contributed by atoms with Crippen molar-refractivity contribution in [3.05, 3.63) is 41.0 Å². The van der Waals surface area contributed by atoms with E-state index >= 15 is 0 Å². The fourth-order valence-electron chi connectivity index (χ4n) is 3.89. The van der Waals surface area contributed by atoms with Crippen molar-refractivity contribution < 1.29 is 4.74 Å². The van der Waals surface area contributed by atoms with Gasteiger partial charge in [-0.25, -0.2) is 4.99 Å². The first-order chi connectivity index (χ1) is 15.6. The van der Waals surface area contributed by atoms with E-state index < -0.39 is 0 Å². The minimum absolute atomic E-state index is 0.193. The van der Waals surface area contributed by atoms with Gasteiger partial charge in [-0.2, -0.15) is 0 Å². The molecular weight excluding hydrogens is 400 g/mol. The minimum Gasteiger partial charge on any atom is -0.490 e. The molecule has 0 amide bonds. The Bertz CT molecular complexity index is 875. The number of benzene rings is 1. The van der Waals surface area contributed by atoms with Gasteiger partial charge in [-0.05, 0) is 58.1 Å². The van der Waals surface area contributed by atoms with E-state index in [1.54, 1.807) is 0 Å². The Balaban J connectivity index is 1.55. The summed E-state index contributed by atoms with van der Waals surface area (Å²) in [7, 11) is 0. The monoisotopic (exact) mass is 440 g/mol. The van der Waals surface area contributed by atoms with Gasteiger partial charge >= 0.3 is 0 Å². The van der Waals surface area contributed by atoms with E-state index in [9.17, 15) is 0 Å². The molecule has 1 unspecified atom stereocenters. The fourth-order valence-corrected chi connectivity index (χ4v) is 3.89. The SMILES string of the molecule is CCNC(=NCc1ccc(C)cc1OC(C)CC)NCCCc1nnc2n1CCCCC2. The summed E-state index contributed by atoms with van der Waals surface area (Å²) in [6.07, 6.45) is 7.92. The Labute approximate surface area is 193 Å². The van der Waals surface area contributed by atoms with E-state index in [-0.39, 0.29) is 6.10 Å². The average Bonchev–Trinajstić information content (AvgIpc) is 3.01. The van der Waals surface area contributed by atoms with Crippen LogP contribution in [0.4, 0.5) is 0 Å². The highest BCUT2D eigenvalue weighted by Crippen LogP contribution is 2.23. The van der Waals surface area contributed by atoms with Crippen molar-refractivity contribution in [1.82, 2.24) is 25.4 Å². The van der Waals surface area contributed by atoms with Crippen molar-refractivity contribution in [3.63, 3.8) is 0 Å². The number of aromatic nitrogens is 3. The summed E-state index contributed by atoms with van der Waals surface area (Å²) >= 11 is 0. The lowest BCUT2D eigenvalue weighted by atomic mass is 10.1. The van der Waals surface area contributed by atoms with Crippen LogP contribution < -0.4 is 15.4 Å². The number of aliphatic imine (C=N–C) groups is 1. The average molecular weight is 441 g/mol. The normalized spacial score (nSPS) is 15.1. The van der Waals surface area contributed by atoms with Gasteiger partial charge in [0.15, 0.2) is 5.96 Å². The predicted molar refractivity (Wildman–Crippen MR) is 130 cm³/mol. The molecule has 0 spiro atoms. The van der Waals surface area contributed by atoms with Crippen LogP contribution in [0, 0.1) is 6.92 Å². The van der Waals surface area contributed by atoms with Gasteiger partial charge in [0.25, 0.3) is 0 Å². The van der Waals surface area contributed by atoms with Crippen LogP contribution in [0.3, 0.4) is 0 Å². The lowest BCUT2D eigenvalue weighted by Crippen LogP contribution is -2.38. The standard InChI is InChI=1S/C25H40N6O/c1-5-20(4)32-22-17-19(3)13-14-21(22)18-28-25(26-6-2)27-15-10-12-24-30-29-23-11-8-7-9-16-31(23)24/h13-14,17,20H,5-12,15-16,18H2,1-4H3,(H2,26,27,28). The second-order valence-corrected chi connectivity index (χ2v) is 8.67. The largest absolute Gasteiger partial charge is 0.490 e. The number of ether oxygens (including phenoxy) is 1. The minimum atomic E-state index is 0.193. The van der Waals surface area contributed by atoms with E-state index in [1.165, 1.54) is 24.8 Å². The number of rotatable bonds is 10. The smallest absolute Gasteiger partial charge is 0.191 e. The van der Waals surface area contributed by atoms with Gasteiger partial charge in [0.05, 0.1) is 12.6 Å². The van der Waals surface area contributed by atoms with Crippen molar-refractivity contribution in [1.29, 1.82) is 0 Å². The number of hydrogen-bond acceptors (Lipinski definition) is 4. The number of fused-ring (bicyclic) bond motifs is 1. The van der Waals surface area contributed by atoms with E-state index in [0.29, 0.717) is 6.54 Å². The lowest BCUT2D eigenvalue weighted by molar-refractivity contribution is 0.215. The number of nitrogens with one attached hydrogen (secondary N) is 2. The summed E-state index contributed by atoms with van der Waals surface area (Å²) < 4.78 is 8.47. The zero-order chi connectivity index (χ0) is 22.8. The first kappa shape index (κ1) is 24.1. The molecule has 2 N–H and O–H groups in total. The highest BCUT2D eigenvalue weighted by Gasteiger charge is 2.14. The maximum atomic E-state index is 6.14. The van der Waals surface area contributed by atoms with Gasteiger partial charge < -0.3 is 19.9 Å². The zero-order valence-electron chi connectivity index (χ0n) is 20.3. The van der Waals surface area contributed by atoms with Crippen molar-refractivity contribution in [2.45, 2.75) is 91.8 Å². The van der Waals surface area contributed by atoms with Gasteiger partial charge in [0, 0.05) is 38.0 Å². The molecule has 0 radical (unpaired) electrons. The molecule has 1 aliphatic heterocycles. The van der Waals surface area contributed by atoms with Crippen LogP contribution in [0.2, 0.25) is 0 Å². The Hall–Kier alpha value is -2.57. The van der Waals surface area contributed by atoms with Crippen LogP contribution in [0.25, 0.3) is 0 Å².